The van der Waals surface area contributed by atoms with Crippen LogP contribution in [0.25, 0.3) is 0 Å². The van der Waals surface area contributed by atoms with Gasteiger partial charge in [0.1, 0.15) is 5.75 Å². The zero-order valence-corrected chi connectivity index (χ0v) is 15.4. The van der Waals surface area contributed by atoms with Crippen molar-refractivity contribution in [2.45, 2.75) is 19.5 Å². The largest absolute Gasteiger partial charge is 0.496 e. The molecule has 0 spiro atoms. The van der Waals surface area contributed by atoms with Gasteiger partial charge in [-0.1, -0.05) is 6.07 Å². The van der Waals surface area contributed by atoms with Gasteiger partial charge < -0.3 is 19.5 Å². The Labute approximate surface area is 152 Å². The molecule has 1 unspecified atom stereocenters. The minimum atomic E-state index is -0.857. The lowest BCUT2D eigenvalue weighted by atomic mass is 10.1. The fourth-order valence-electron chi connectivity index (χ4n) is 2.39. The normalized spacial score (nSPS) is 11.4. The SMILES string of the molecule is COc1cc(OC)c(OC)cc1CNC(C)c1ccc(F)c(F)c1.Cl. The first-order chi connectivity index (χ1) is 11.5. The molecule has 0 aliphatic carbocycles. The van der Waals surface area contributed by atoms with Crippen LogP contribution in [0.4, 0.5) is 8.78 Å². The number of methoxy groups -OCH3 is 3. The quantitative estimate of drug-likeness (QED) is 0.787. The molecule has 2 aromatic carbocycles. The maximum atomic E-state index is 13.4. The average Bonchev–Trinajstić information content (AvgIpc) is 2.60. The summed E-state index contributed by atoms with van der Waals surface area (Å²) in [5.41, 5.74) is 1.53. The summed E-state index contributed by atoms with van der Waals surface area (Å²) in [7, 11) is 4.69. The van der Waals surface area contributed by atoms with Crippen molar-refractivity contribution >= 4 is 12.4 Å². The number of nitrogens with one attached hydrogen (secondary N) is 1. The number of ether oxygens (including phenoxy) is 3. The Balaban J connectivity index is 0.00000312. The van der Waals surface area contributed by atoms with Gasteiger partial charge in [0.15, 0.2) is 23.1 Å². The van der Waals surface area contributed by atoms with Gasteiger partial charge in [-0.2, -0.15) is 0 Å². The Morgan fingerprint density at radius 1 is 0.880 bits per heavy atom. The van der Waals surface area contributed by atoms with Crippen molar-refractivity contribution in [1.82, 2.24) is 5.32 Å². The molecule has 0 saturated heterocycles. The third-order valence-corrected chi connectivity index (χ3v) is 3.83. The summed E-state index contributed by atoms with van der Waals surface area (Å²) < 4.78 is 42.3. The first-order valence-electron chi connectivity index (χ1n) is 7.47. The summed E-state index contributed by atoms with van der Waals surface area (Å²) in [6, 6.07) is 7.28. The highest BCUT2D eigenvalue weighted by Gasteiger charge is 2.14. The van der Waals surface area contributed by atoms with E-state index in [2.05, 4.69) is 5.32 Å². The van der Waals surface area contributed by atoms with Gasteiger partial charge in [-0.25, -0.2) is 8.78 Å². The minimum absolute atomic E-state index is 0. The highest BCUT2D eigenvalue weighted by molar-refractivity contribution is 5.85. The van der Waals surface area contributed by atoms with Gasteiger partial charge in [0.2, 0.25) is 0 Å². The van der Waals surface area contributed by atoms with E-state index in [4.69, 9.17) is 14.2 Å². The summed E-state index contributed by atoms with van der Waals surface area (Å²) in [6.45, 7) is 2.34. The lowest BCUT2D eigenvalue weighted by molar-refractivity contribution is 0.346. The van der Waals surface area contributed by atoms with Crippen LogP contribution in [-0.2, 0) is 6.54 Å². The van der Waals surface area contributed by atoms with Crippen molar-refractivity contribution in [3.05, 3.63) is 53.1 Å². The zero-order valence-electron chi connectivity index (χ0n) is 14.6. The standard InChI is InChI=1S/C18H21F2NO3.ClH/c1-11(12-5-6-14(19)15(20)7-12)21-10-13-8-17(23-3)18(24-4)9-16(13)22-2;/h5-9,11,21H,10H2,1-4H3;1H. The molecule has 138 valence electrons. The smallest absolute Gasteiger partial charge is 0.164 e. The van der Waals surface area contributed by atoms with Crippen LogP contribution in [0.5, 0.6) is 17.2 Å². The van der Waals surface area contributed by atoms with Crippen LogP contribution in [0.1, 0.15) is 24.1 Å². The van der Waals surface area contributed by atoms with E-state index in [1.165, 1.54) is 6.07 Å². The third kappa shape index (κ3) is 4.96. The highest BCUT2D eigenvalue weighted by Crippen LogP contribution is 2.34. The summed E-state index contributed by atoms with van der Waals surface area (Å²) >= 11 is 0. The molecule has 0 aliphatic rings. The Bertz CT molecular complexity index is 713. The summed E-state index contributed by atoms with van der Waals surface area (Å²) in [4.78, 5) is 0. The van der Waals surface area contributed by atoms with Crippen LogP contribution in [0.3, 0.4) is 0 Å². The molecule has 0 bridgehead atoms. The molecule has 2 rings (SSSR count). The predicted molar refractivity (Wildman–Crippen MR) is 95.0 cm³/mol. The maximum Gasteiger partial charge on any atom is 0.164 e. The average molecular weight is 374 g/mol. The summed E-state index contributed by atoms with van der Waals surface area (Å²) in [5.74, 6) is 0.109. The van der Waals surface area contributed by atoms with E-state index in [1.807, 2.05) is 13.0 Å². The molecular weight excluding hydrogens is 352 g/mol. The molecule has 0 aliphatic heterocycles. The van der Waals surface area contributed by atoms with Crippen molar-refractivity contribution in [3.8, 4) is 17.2 Å². The molecule has 7 heteroatoms. The van der Waals surface area contributed by atoms with Crippen molar-refractivity contribution in [1.29, 1.82) is 0 Å². The molecule has 1 atom stereocenters. The number of hydrogen-bond acceptors (Lipinski definition) is 4. The van der Waals surface area contributed by atoms with E-state index in [1.54, 1.807) is 33.5 Å². The topological polar surface area (TPSA) is 39.7 Å². The van der Waals surface area contributed by atoms with Crippen LogP contribution in [0.15, 0.2) is 30.3 Å². The molecule has 0 saturated carbocycles. The minimum Gasteiger partial charge on any atom is -0.496 e. The van der Waals surface area contributed by atoms with E-state index in [9.17, 15) is 8.78 Å². The number of halogens is 3. The van der Waals surface area contributed by atoms with E-state index in [0.29, 0.717) is 29.4 Å². The second kappa shape index (κ2) is 9.44. The van der Waals surface area contributed by atoms with Gasteiger partial charge in [-0.3, -0.25) is 0 Å². The van der Waals surface area contributed by atoms with E-state index in [0.717, 1.165) is 11.6 Å². The predicted octanol–water partition coefficient (Wildman–Crippen LogP) is 4.26. The van der Waals surface area contributed by atoms with Crippen LogP contribution >= 0.6 is 12.4 Å². The Hall–Kier alpha value is -2.05. The van der Waals surface area contributed by atoms with Crippen LogP contribution in [0.2, 0.25) is 0 Å². The van der Waals surface area contributed by atoms with E-state index < -0.39 is 11.6 Å². The first-order valence-corrected chi connectivity index (χ1v) is 7.47. The maximum absolute atomic E-state index is 13.4. The Kier molecular flexibility index (Phi) is 7.93. The van der Waals surface area contributed by atoms with Gasteiger partial charge in [-0.05, 0) is 30.7 Å². The summed E-state index contributed by atoms with van der Waals surface area (Å²) in [5, 5.41) is 3.26. The number of benzene rings is 2. The third-order valence-electron chi connectivity index (χ3n) is 3.83. The van der Waals surface area contributed by atoms with Crippen molar-refractivity contribution in [3.63, 3.8) is 0 Å². The highest BCUT2D eigenvalue weighted by atomic mass is 35.5. The van der Waals surface area contributed by atoms with Gasteiger partial charge >= 0.3 is 0 Å². The van der Waals surface area contributed by atoms with E-state index in [-0.39, 0.29) is 18.4 Å². The molecule has 4 nitrogen and oxygen atoms in total. The van der Waals surface area contributed by atoms with Crippen molar-refractivity contribution in [2.75, 3.05) is 21.3 Å². The van der Waals surface area contributed by atoms with Crippen molar-refractivity contribution < 1.29 is 23.0 Å². The molecule has 0 fully saturated rings. The van der Waals surface area contributed by atoms with Gasteiger partial charge in [0.25, 0.3) is 0 Å². The monoisotopic (exact) mass is 373 g/mol. The summed E-state index contributed by atoms with van der Waals surface area (Å²) in [6.07, 6.45) is 0. The van der Waals surface area contributed by atoms with Gasteiger partial charge in [0.05, 0.1) is 21.3 Å². The second-order valence-electron chi connectivity index (χ2n) is 5.30. The molecule has 0 heterocycles. The lowest BCUT2D eigenvalue weighted by Crippen LogP contribution is -2.19. The molecule has 1 N–H and O–H groups in total. The second-order valence-corrected chi connectivity index (χ2v) is 5.30. The zero-order chi connectivity index (χ0) is 17.7. The molecule has 0 radical (unpaired) electrons. The van der Waals surface area contributed by atoms with Crippen molar-refractivity contribution in [2.24, 2.45) is 0 Å². The molecule has 2 aromatic rings. The van der Waals surface area contributed by atoms with Gasteiger partial charge in [0, 0.05) is 24.2 Å². The fourth-order valence-corrected chi connectivity index (χ4v) is 2.39. The fraction of sp³-hybridized carbons (Fsp3) is 0.333. The first kappa shape index (κ1) is 21.0. The van der Waals surface area contributed by atoms with Crippen LogP contribution < -0.4 is 19.5 Å². The van der Waals surface area contributed by atoms with Gasteiger partial charge in [-0.15, -0.1) is 12.4 Å². The van der Waals surface area contributed by atoms with Crippen LogP contribution in [0, 0.1) is 11.6 Å². The number of rotatable bonds is 7. The molecule has 0 amide bonds. The molecule has 0 aromatic heterocycles. The Morgan fingerprint density at radius 3 is 2.04 bits per heavy atom. The van der Waals surface area contributed by atoms with Crippen LogP contribution in [-0.4, -0.2) is 21.3 Å². The number of hydrogen-bond donors (Lipinski definition) is 1. The lowest BCUT2D eigenvalue weighted by Gasteiger charge is -2.18. The molecular formula is C18H22ClF2NO3. The van der Waals surface area contributed by atoms with E-state index >= 15 is 0 Å². The molecule has 25 heavy (non-hydrogen) atoms. The Morgan fingerprint density at radius 2 is 1.48 bits per heavy atom.